The van der Waals surface area contributed by atoms with E-state index in [1.165, 1.54) is 70.6 Å². The van der Waals surface area contributed by atoms with Crippen LogP contribution in [0.4, 0.5) is 0 Å². The predicted molar refractivity (Wildman–Crippen MR) is 86.3 cm³/mol. The van der Waals surface area contributed by atoms with Crippen LogP contribution in [0.25, 0.3) is 0 Å². The van der Waals surface area contributed by atoms with Crippen molar-refractivity contribution in [1.29, 1.82) is 0 Å². The maximum atomic E-state index is 10.7. The summed E-state index contributed by atoms with van der Waals surface area (Å²) in [7, 11) is 0. The molecular weight excluding hydrogens is 260 g/mol. The number of ether oxygens (including phenoxy) is 1. The van der Waals surface area contributed by atoms with Crippen LogP contribution < -0.4 is 0 Å². The highest BCUT2D eigenvalue weighted by atomic mass is 16.5. The van der Waals surface area contributed by atoms with Crippen LogP contribution >= 0.6 is 0 Å². The summed E-state index contributed by atoms with van der Waals surface area (Å²) in [6.45, 7) is 0.880. The lowest BCUT2D eigenvalue weighted by molar-refractivity contribution is -0.134. The van der Waals surface area contributed by atoms with E-state index >= 15 is 0 Å². The molecule has 0 aromatic carbocycles. The van der Waals surface area contributed by atoms with Gasteiger partial charge in [-0.15, -0.1) is 0 Å². The topological polar surface area (TPSA) is 29.5 Å². The SMILES string of the molecule is OC(CCC1CCCCC1)C1CCOC2(CCCCC2)C1. The minimum absolute atomic E-state index is 0.0744. The Labute approximate surface area is 130 Å². The summed E-state index contributed by atoms with van der Waals surface area (Å²) in [5, 5.41) is 10.7. The second-order valence-corrected chi connectivity index (χ2v) is 7.99. The van der Waals surface area contributed by atoms with Gasteiger partial charge in [0, 0.05) is 6.61 Å². The second-order valence-electron chi connectivity index (χ2n) is 7.99. The van der Waals surface area contributed by atoms with Gasteiger partial charge in [-0.1, -0.05) is 51.4 Å². The molecule has 1 spiro atoms. The molecule has 1 saturated heterocycles. The lowest BCUT2D eigenvalue weighted by Gasteiger charge is -2.44. The number of rotatable bonds is 4. The zero-order chi connectivity index (χ0) is 14.5. The molecule has 0 bridgehead atoms. The molecule has 0 aromatic rings. The summed E-state index contributed by atoms with van der Waals surface area (Å²) in [6, 6.07) is 0. The predicted octanol–water partition coefficient (Wildman–Crippen LogP) is 4.84. The molecule has 2 saturated carbocycles. The molecule has 3 aliphatic rings. The smallest absolute Gasteiger partial charge is 0.0686 e. The van der Waals surface area contributed by atoms with Crippen molar-refractivity contribution in [3.63, 3.8) is 0 Å². The highest BCUT2D eigenvalue weighted by Gasteiger charge is 2.40. The molecule has 2 unspecified atom stereocenters. The fraction of sp³-hybridized carbons (Fsp3) is 1.00. The fourth-order valence-electron chi connectivity index (χ4n) is 5.06. The van der Waals surface area contributed by atoms with E-state index in [1.54, 1.807) is 0 Å². The Kier molecular flexibility index (Phi) is 5.61. The Morgan fingerprint density at radius 1 is 0.952 bits per heavy atom. The van der Waals surface area contributed by atoms with Crippen molar-refractivity contribution in [2.75, 3.05) is 6.61 Å². The van der Waals surface area contributed by atoms with E-state index in [-0.39, 0.29) is 11.7 Å². The van der Waals surface area contributed by atoms with E-state index < -0.39 is 0 Å². The zero-order valence-electron chi connectivity index (χ0n) is 13.7. The van der Waals surface area contributed by atoms with Gasteiger partial charge in [-0.2, -0.15) is 0 Å². The Hall–Kier alpha value is -0.0800. The quantitative estimate of drug-likeness (QED) is 0.804. The summed E-state index contributed by atoms with van der Waals surface area (Å²) >= 11 is 0. The Morgan fingerprint density at radius 2 is 1.67 bits per heavy atom. The Bertz CT molecular complexity index is 297. The van der Waals surface area contributed by atoms with Gasteiger partial charge in [0.05, 0.1) is 11.7 Å². The number of hydrogen-bond acceptors (Lipinski definition) is 2. The molecule has 3 rings (SSSR count). The molecule has 1 aliphatic heterocycles. The largest absolute Gasteiger partial charge is 0.393 e. The molecule has 0 radical (unpaired) electrons. The van der Waals surface area contributed by atoms with Gasteiger partial charge >= 0.3 is 0 Å². The standard InChI is InChI=1S/C19H34O2/c20-18(10-9-16-7-3-1-4-8-16)17-11-14-21-19(15-17)12-5-2-6-13-19/h16-18,20H,1-15H2. The molecule has 1 N–H and O–H groups in total. The summed E-state index contributed by atoms with van der Waals surface area (Å²) in [4.78, 5) is 0. The van der Waals surface area contributed by atoms with Gasteiger partial charge in [-0.25, -0.2) is 0 Å². The molecule has 0 aromatic heterocycles. The minimum Gasteiger partial charge on any atom is -0.393 e. The Balaban J connectivity index is 1.46. The number of aliphatic hydroxyl groups is 1. The van der Waals surface area contributed by atoms with E-state index in [9.17, 15) is 5.11 Å². The van der Waals surface area contributed by atoms with Crippen LogP contribution in [0.15, 0.2) is 0 Å². The van der Waals surface area contributed by atoms with Crippen molar-refractivity contribution < 1.29 is 9.84 Å². The molecule has 3 fully saturated rings. The molecule has 2 heteroatoms. The first-order valence-electron chi connectivity index (χ1n) is 9.59. The van der Waals surface area contributed by atoms with Crippen molar-refractivity contribution in [3.05, 3.63) is 0 Å². The zero-order valence-corrected chi connectivity index (χ0v) is 13.7. The van der Waals surface area contributed by atoms with Gasteiger partial charge < -0.3 is 9.84 Å². The number of hydrogen-bond donors (Lipinski definition) is 1. The average Bonchev–Trinajstić information content (AvgIpc) is 2.54. The van der Waals surface area contributed by atoms with Crippen LogP contribution in [0.2, 0.25) is 0 Å². The van der Waals surface area contributed by atoms with E-state index in [2.05, 4.69) is 0 Å². The summed E-state index contributed by atoms with van der Waals surface area (Å²) in [5.74, 6) is 1.40. The summed E-state index contributed by atoms with van der Waals surface area (Å²) < 4.78 is 6.17. The van der Waals surface area contributed by atoms with Crippen molar-refractivity contribution >= 4 is 0 Å². The van der Waals surface area contributed by atoms with Crippen LogP contribution in [0.3, 0.4) is 0 Å². The third-order valence-corrected chi connectivity index (χ3v) is 6.44. The third kappa shape index (κ3) is 4.22. The molecule has 2 nitrogen and oxygen atoms in total. The van der Waals surface area contributed by atoms with Crippen LogP contribution in [-0.2, 0) is 4.74 Å². The van der Waals surface area contributed by atoms with Gasteiger partial charge in [-0.05, 0) is 50.4 Å². The highest BCUT2D eigenvalue weighted by Crippen LogP contribution is 2.42. The van der Waals surface area contributed by atoms with E-state index in [0.717, 1.165) is 31.8 Å². The molecule has 2 aliphatic carbocycles. The average molecular weight is 294 g/mol. The summed E-state index contributed by atoms with van der Waals surface area (Å²) in [5.41, 5.74) is 0.146. The van der Waals surface area contributed by atoms with Crippen LogP contribution in [-0.4, -0.2) is 23.4 Å². The van der Waals surface area contributed by atoms with Crippen molar-refractivity contribution in [1.82, 2.24) is 0 Å². The Morgan fingerprint density at radius 3 is 2.43 bits per heavy atom. The monoisotopic (exact) mass is 294 g/mol. The van der Waals surface area contributed by atoms with Crippen LogP contribution in [0, 0.1) is 11.8 Å². The molecule has 1 heterocycles. The van der Waals surface area contributed by atoms with E-state index in [0.29, 0.717) is 5.92 Å². The second kappa shape index (κ2) is 7.46. The maximum absolute atomic E-state index is 10.7. The molecule has 0 amide bonds. The lowest BCUT2D eigenvalue weighted by Crippen LogP contribution is -2.44. The maximum Gasteiger partial charge on any atom is 0.0686 e. The van der Waals surface area contributed by atoms with Crippen molar-refractivity contribution in [2.45, 2.75) is 102 Å². The minimum atomic E-state index is -0.0744. The molecular formula is C19H34O2. The van der Waals surface area contributed by atoms with E-state index in [1.807, 2.05) is 0 Å². The van der Waals surface area contributed by atoms with Gasteiger partial charge in [0.25, 0.3) is 0 Å². The first kappa shape index (κ1) is 15.8. The normalized spacial score (nSPS) is 32.1. The van der Waals surface area contributed by atoms with Gasteiger partial charge in [0.15, 0.2) is 0 Å². The van der Waals surface area contributed by atoms with Crippen LogP contribution in [0.1, 0.15) is 89.9 Å². The molecule has 122 valence electrons. The fourth-order valence-corrected chi connectivity index (χ4v) is 5.06. The molecule has 21 heavy (non-hydrogen) atoms. The highest BCUT2D eigenvalue weighted by molar-refractivity contribution is 4.91. The third-order valence-electron chi connectivity index (χ3n) is 6.44. The van der Waals surface area contributed by atoms with Crippen molar-refractivity contribution in [3.8, 4) is 0 Å². The van der Waals surface area contributed by atoms with Gasteiger partial charge in [0.1, 0.15) is 0 Å². The van der Waals surface area contributed by atoms with E-state index in [4.69, 9.17) is 4.74 Å². The van der Waals surface area contributed by atoms with Crippen LogP contribution in [0.5, 0.6) is 0 Å². The molecule has 2 atom stereocenters. The van der Waals surface area contributed by atoms with Gasteiger partial charge in [-0.3, -0.25) is 0 Å². The first-order chi connectivity index (χ1) is 10.3. The summed E-state index contributed by atoms with van der Waals surface area (Å²) in [6.07, 6.45) is 18.0. The lowest BCUT2D eigenvalue weighted by atomic mass is 9.73. The number of aliphatic hydroxyl groups excluding tert-OH is 1. The van der Waals surface area contributed by atoms with Gasteiger partial charge in [0.2, 0.25) is 0 Å². The first-order valence-corrected chi connectivity index (χ1v) is 9.59. The van der Waals surface area contributed by atoms with Crippen molar-refractivity contribution in [2.24, 2.45) is 11.8 Å².